The molecular weight excluding hydrogens is 548 g/mol. The number of aryl methyl sites for hydroxylation is 2. The van der Waals surface area contributed by atoms with Crippen LogP contribution in [0.15, 0.2) is 79.1 Å². The van der Waals surface area contributed by atoms with Gasteiger partial charge in [-0.2, -0.15) is 0 Å². The quantitative estimate of drug-likeness (QED) is 0.228. The average molecular weight is 589 g/mol. The van der Waals surface area contributed by atoms with Crippen LogP contribution >= 0.6 is 12.4 Å². The summed E-state index contributed by atoms with van der Waals surface area (Å²) in [6, 6.07) is 22.6. The van der Waals surface area contributed by atoms with E-state index >= 15 is 0 Å². The number of nitrogens with one attached hydrogen (secondary N) is 1. The molecule has 0 fully saturated rings. The van der Waals surface area contributed by atoms with E-state index in [1.54, 1.807) is 6.20 Å². The summed E-state index contributed by atoms with van der Waals surface area (Å²) in [7, 11) is 2.06. The van der Waals surface area contributed by atoms with Crippen molar-refractivity contribution in [2.24, 2.45) is 13.0 Å². The van der Waals surface area contributed by atoms with Crippen LogP contribution < -0.4 is 10.1 Å². The molecule has 3 aromatic carbocycles. The van der Waals surface area contributed by atoms with E-state index in [0.29, 0.717) is 19.2 Å². The van der Waals surface area contributed by atoms with Crippen molar-refractivity contribution in [1.82, 2.24) is 19.4 Å². The molecule has 2 heterocycles. The molecule has 0 radical (unpaired) electrons. The van der Waals surface area contributed by atoms with Crippen LogP contribution in [0.25, 0.3) is 21.7 Å². The van der Waals surface area contributed by atoms with Crippen LogP contribution in [0.3, 0.4) is 0 Å². The van der Waals surface area contributed by atoms with E-state index in [9.17, 15) is 9.90 Å². The highest BCUT2D eigenvalue weighted by molar-refractivity contribution is 6.11. The molecule has 2 N–H and O–H groups in total. The maximum atomic E-state index is 13.0. The number of halogens is 1. The van der Waals surface area contributed by atoms with Gasteiger partial charge in [-0.1, -0.05) is 68.4 Å². The van der Waals surface area contributed by atoms with Gasteiger partial charge in [0.1, 0.15) is 24.3 Å². The molecule has 0 aliphatic heterocycles. The number of fused-ring (bicyclic) bond motifs is 4. The molecule has 0 saturated carbocycles. The van der Waals surface area contributed by atoms with Crippen molar-refractivity contribution < 1.29 is 14.6 Å². The molecule has 0 amide bonds. The first-order valence-electron chi connectivity index (χ1n) is 14.4. The highest BCUT2D eigenvalue weighted by Crippen LogP contribution is 2.34. The van der Waals surface area contributed by atoms with Crippen LogP contribution in [0.2, 0.25) is 0 Å². The Labute approximate surface area is 253 Å². The molecule has 7 nitrogen and oxygen atoms in total. The number of hydrogen-bond acceptors (Lipinski definition) is 5. The molecule has 5 aromatic rings. The van der Waals surface area contributed by atoms with Crippen LogP contribution in [-0.2, 0) is 20.0 Å². The highest BCUT2D eigenvalue weighted by atomic mass is 35.5. The Hall–Kier alpha value is -3.65. The number of Topliss-reactive ketones (excluding diaryl/α,β-unsaturated/α-hetero) is 1. The number of ether oxygens (including phenoxy) is 1. The van der Waals surface area contributed by atoms with E-state index in [0.717, 1.165) is 58.2 Å². The second kappa shape index (κ2) is 14.0. The monoisotopic (exact) mass is 588 g/mol. The summed E-state index contributed by atoms with van der Waals surface area (Å²) in [6.07, 6.45) is 5.13. The van der Waals surface area contributed by atoms with Crippen LogP contribution in [0, 0.1) is 12.8 Å². The van der Waals surface area contributed by atoms with Crippen molar-refractivity contribution in [3.63, 3.8) is 0 Å². The number of para-hydroxylation sites is 1. The van der Waals surface area contributed by atoms with Crippen molar-refractivity contribution in [1.29, 1.82) is 0 Å². The lowest BCUT2D eigenvalue weighted by atomic mass is 9.85. The Kier molecular flexibility index (Phi) is 10.4. The third-order valence-corrected chi connectivity index (χ3v) is 7.86. The minimum atomic E-state index is -0.499. The van der Waals surface area contributed by atoms with Gasteiger partial charge in [-0.25, -0.2) is 4.98 Å². The fourth-order valence-electron chi connectivity index (χ4n) is 5.61. The Morgan fingerprint density at radius 2 is 1.76 bits per heavy atom. The summed E-state index contributed by atoms with van der Waals surface area (Å²) in [5.41, 5.74) is 3.28. The smallest absolute Gasteiger partial charge is 0.170 e. The first kappa shape index (κ1) is 31.3. The second-order valence-electron chi connectivity index (χ2n) is 11.1. The van der Waals surface area contributed by atoms with Crippen LogP contribution in [0.4, 0.5) is 0 Å². The molecule has 1 aliphatic carbocycles. The van der Waals surface area contributed by atoms with Gasteiger partial charge in [0.05, 0.1) is 0 Å². The summed E-state index contributed by atoms with van der Waals surface area (Å²) in [6.45, 7) is 7.66. The van der Waals surface area contributed by atoms with Crippen molar-refractivity contribution in [2.75, 3.05) is 13.2 Å². The normalized spacial score (nSPS) is 15.2. The maximum absolute atomic E-state index is 13.0. The number of hydrogen-bond donors (Lipinski definition) is 2. The highest BCUT2D eigenvalue weighted by Gasteiger charge is 2.32. The Morgan fingerprint density at radius 3 is 2.50 bits per heavy atom. The first-order chi connectivity index (χ1) is 19.8. The Bertz CT molecular complexity index is 1640. The molecule has 6 rings (SSSR count). The third-order valence-electron chi connectivity index (χ3n) is 7.86. The van der Waals surface area contributed by atoms with Gasteiger partial charge in [0, 0.05) is 72.0 Å². The summed E-state index contributed by atoms with van der Waals surface area (Å²) in [4.78, 5) is 17.3. The second-order valence-corrected chi connectivity index (χ2v) is 11.1. The number of aliphatic hydroxyl groups is 1. The number of rotatable bonds is 8. The lowest BCUT2D eigenvalue weighted by Gasteiger charge is -2.23. The lowest BCUT2D eigenvalue weighted by Crippen LogP contribution is -2.35. The van der Waals surface area contributed by atoms with Gasteiger partial charge in [0.25, 0.3) is 0 Å². The zero-order valence-electron chi connectivity index (χ0n) is 24.8. The van der Waals surface area contributed by atoms with Crippen molar-refractivity contribution >= 4 is 39.9 Å². The molecule has 0 spiro atoms. The molecule has 42 heavy (non-hydrogen) atoms. The standard InChI is InChI=1S/C18H19N3O.C16H21NO2.ClH/c1-12-19-9-10-21(12)11-13-7-8-16-17(18(13)22)14-5-3-4-6-15(14)20(16)2;1-12(2)17-10-14(18)11-19-16-9-5-7-13-6-3-4-8-15(13)16;/h3-6,9-10,13H,7-8,11H2,1-2H3;3-9,12,14,17-18H,10-11H2,1-2H3;1H. The number of nitrogens with zero attached hydrogens (tertiary/aromatic N) is 3. The van der Waals surface area contributed by atoms with Crippen molar-refractivity contribution in [3.8, 4) is 5.75 Å². The van der Waals surface area contributed by atoms with Gasteiger partial charge in [0.15, 0.2) is 5.78 Å². The van der Waals surface area contributed by atoms with Crippen LogP contribution in [0.5, 0.6) is 5.75 Å². The minimum Gasteiger partial charge on any atom is -0.490 e. The Balaban J connectivity index is 0.000000191. The Morgan fingerprint density at radius 1 is 1.05 bits per heavy atom. The van der Waals surface area contributed by atoms with Crippen molar-refractivity contribution in [2.45, 2.75) is 52.3 Å². The van der Waals surface area contributed by atoms with E-state index in [-0.39, 0.29) is 24.1 Å². The van der Waals surface area contributed by atoms with E-state index in [4.69, 9.17) is 4.74 Å². The number of carbonyl (C=O) groups is 1. The first-order valence-corrected chi connectivity index (χ1v) is 14.4. The van der Waals surface area contributed by atoms with Gasteiger partial charge in [0.2, 0.25) is 0 Å². The van der Waals surface area contributed by atoms with E-state index in [2.05, 4.69) is 64.6 Å². The minimum absolute atomic E-state index is 0. The number of imidazole rings is 1. The SMILES string of the molecule is CC(C)NCC(O)COc1cccc2ccccc12.Cc1nccn1CC1CCc2c(c3ccccc3n2C)C1=O.Cl. The zero-order chi connectivity index (χ0) is 28.9. The van der Waals surface area contributed by atoms with Gasteiger partial charge < -0.3 is 24.3 Å². The number of benzene rings is 3. The molecule has 2 unspecified atom stereocenters. The average Bonchev–Trinajstić information content (AvgIpc) is 3.52. The zero-order valence-corrected chi connectivity index (χ0v) is 25.6. The number of aliphatic hydroxyl groups excluding tert-OH is 1. The number of carbonyl (C=O) groups excluding carboxylic acids is 1. The fraction of sp³-hybridized carbons (Fsp3) is 0.353. The summed E-state index contributed by atoms with van der Waals surface area (Å²) < 4.78 is 9.99. The van der Waals surface area contributed by atoms with Gasteiger partial charge in [-0.15, -0.1) is 12.4 Å². The molecule has 0 saturated heterocycles. The predicted molar refractivity (Wildman–Crippen MR) is 172 cm³/mol. The molecule has 8 heteroatoms. The predicted octanol–water partition coefficient (Wildman–Crippen LogP) is 6.13. The molecular formula is C34H41ClN4O3. The van der Waals surface area contributed by atoms with E-state index < -0.39 is 6.10 Å². The van der Waals surface area contributed by atoms with Crippen molar-refractivity contribution in [3.05, 3.63) is 96.2 Å². The van der Waals surface area contributed by atoms with Gasteiger partial charge in [-0.05, 0) is 37.3 Å². The number of aromatic nitrogens is 3. The lowest BCUT2D eigenvalue weighted by molar-refractivity contribution is 0.0888. The topological polar surface area (TPSA) is 81.3 Å². The summed E-state index contributed by atoms with van der Waals surface area (Å²) in [5.74, 6) is 2.12. The van der Waals surface area contributed by atoms with Crippen LogP contribution in [-0.4, -0.2) is 50.3 Å². The summed E-state index contributed by atoms with van der Waals surface area (Å²) >= 11 is 0. The van der Waals surface area contributed by atoms with Gasteiger partial charge in [-0.3, -0.25) is 4.79 Å². The largest absolute Gasteiger partial charge is 0.490 e. The summed E-state index contributed by atoms with van der Waals surface area (Å²) in [5, 5.41) is 16.4. The van der Waals surface area contributed by atoms with Crippen LogP contribution in [0.1, 0.15) is 42.1 Å². The molecule has 2 atom stereocenters. The van der Waals surface area contributed by atoms with Gasteiger partial charge >= 0.3 is 0 Å². The fourth-order valence-corrected chi connectivity index (χ4v) is 5.61. The molecule has 2 aromatic heterocycles. The molecule has 0 bridgehead atoms. The number of ketones is 1. The molecule has 222 valence electrons. The third kappa shape index (κ3) is 6.86. The molecule has 1 aliphatic rings. The maximum Gasteiger partial charge on any atom is 0.170 e. The van der Waals surface area contributed by atoms with E-state index in [1.807, 2.05) is 55.6 Å². The van der Waals surface area contributed by atoms with E-state index in [1.165, 1.54) is 5.69 Å².